The molecule has 2 aromatic rings. The molecule has 31 heavy (non-hydrogen) atoms. The number of hydrogen-bond acceptors (Lipinski definition) is 3. The summed E-state index contributed by atoms with van der Waals surface area (Å²) >= 11 is 5.92. The monoisotopic (exact) mass is 443 g/mol. The number of amides is 2. The quantitative estimate of drug-likeness (QED) is 0.584. The van der Waals surface area contributed by atoms with Crippen molar-refractivity contribution in [2.75, 3.05) is 35.7 Å². The van der Waals surface area contributed by atoms with Gasteiger partial charge in [0.2, 0.25) is 0 Å². The second-order valence-electron chi connectivity index (χ2n) is 7.77. The van der Waals surface area contributed by atoms with Gasteiger partial charge in [0.25, 0.3) is 5.91 Å². The number of alkyl halides is 1. The maximum absolute atomic E-state index is 13.6. The van der Waals surface area contributed by atoms with Gasteiger partial charge in [0.05, 0.1) is 0 Å². The van der Waals surface area contributed by atoms with Gasteiger partial charge in [-0.05, 0) is 62.1 Å². The van der Waals surface area contributed by atoms with Crippen LogP contribution in [0.1, 0.15) is 31.4 Å². The highest BCUT2D eigenvalue weighted by Crippen LogP contribution is 2.35. The minimum atomic E-state index is -1.20. The molecule has 1 atom stereocenters. The second-order valence-corrected chi connectivity index (χ2v) is 8.15. The summed E-state index contributed by atoms with van der Waals surface area (Å²) in [6.45, 7) is 6.09. The third-order valence-corrected chi connectivity index (χ3v) is 6.31. The summed E-state index contributed by atoms with van der Waals surface area (Å²) in [5.41, 5.74) is 2.69. The largest absolute Gasteiger partial charge is 0.465 e. The van der Waals surface area contributed by atoms with Gasteiger partial charge in [-0.1, -0.05) is 24.3 Å². The number of hydrogen-bond donors (Lipinski definition) is 2. The lowest BCUT2D eigenvalue weighted by molar-refractivity contribution is -0.127. The number of anilines is 2. The highest BCUT2D eigenvalue weighted by molar-refractivity contribution is 6.18. The van der Waals surface area contributed by atoms with Crippen molar-refractivity contribution in [3.63, 3.8) is 0 Å². The van der Waals surface area contributed by atoms with E-state index in [9.17, 15) is 14.7 Å². The summed E-state index contributed by atoms with van der Waals surface area (Å²) < 4.78 is 0. The number of rotatable bonds is 8. The summed E-state index contributed by atoms with van der Waals surface area (Å²) in [7, 11) is 0. The number of carboxylic acid groups (broad SMARTS) is 1. The Bertz CT molecular complexity index is 915. The molecule has 0 saturated heterocycles. The Balaban J connectivity index is 1.91. The molecule has 2 aromatic carbocycles. The van der Waals surface area contributed by atoms with E-state index in [2.05, 4.69) is 24.1 Å². The molecular formula is C24H30ClN3O3. The number of nitrogens with zero attached hydrogens (tertiary/aromatic N) is 2. The van der Waals surface area contributed by atoms with Crippen molar-refractivity contribution in [2.45, 2.75) is 38.6 Å². The van der Waals surface area contributed by atoms with Crippen LogP contribution in [0.2, 0.25) is 0 Å². The van der Waals surface area contributed by atoms with Gasteiger partial charge in [0.15, 0.2) is 0 Å². The second kappa shape index (κ2) is 10.1. The van der Waals surface area contributed by atoms with Crippen LogP contribution in [0, 0.1) is 0 Å². The third-order valence-electron chi connectivity index (χ3n) is 6.14. The number of halogens is 1. The molecule has 7 heteroatoms. The number of benzene rings is 2. The molecule has 2 N–H and O–H groups in total. The molecule has 2 amide bonds. The first kappa shape index (κ1) is 22.9. The Kier molecular flexibility index (Phi) is 7.44. The van der Waals surface area contributed by atoms with E-state index in [1.165, 1.54) is 4.90 Å². The Morgan fingerprint density at radius 3 is 2.29 bits per heavy atom. The van der Waals surface area contributed by atoms with Crippen molar-refractivity contribution < 1.29 is 14.7 Å². The van der Waals surface area contributed by atoms with E-state index >= 15 is 0 Å². The topological polar surface area (TPSA) is 72.9 Å². The molecule has 1 aliphatic carbocycles. The summed E-state index contributed by atoms with van der Waals surface area (Å²) in [6, 6.07) is 15.6. The van der Waals surface area contributed by atoms with Gasteiger partial charge in [-0.15, -0.1) is 11.6 Å². The van der Waals surface area contributed by atoms with Crippen LogP contribution in [-0.4, -0.2) is 53.1 Å². The number of carbonyl (C=O) groups excluding carboxylic acids is 1. The van der Waals surface area contributed by atoms with Gasteiger partial charge in [-0.2, -0.15) is 0 Å². The van der Waals surface area contributed by atoms with Crippen LogP contribution in [0.15, 0.2) is 48.5 Å². The third kappa shape index (κ3) is 4.79. The Morgan fingerprint density at radius 1 is 1.06 bits per heavy atom. The van der Waals surface area contributed by atoms with Crippen LogP contribution in [0.5, 0.6) is 0 Å². The van der Waals surface area contributed by atoms with Gasteiger partial charge in [0, 0.05) is 43.3 Å². The lowest BCUT2D eigenvalue weighted by Crippen LogP contribution is -2.62. The fourth-order valence-corrected chi connectivity index (χ4v) is 4.60. The van der Waals surface area contributed by atoms with Gasteiger partial charge in [-0.25, -0.2) is 4.79 Å². The maximum Gasteiger partial charge on any atom is 0.408 e. The lowest BCUT2D eigenvalue weighted by atomic mass is 9.76. The van der Waals surface area contributed by atoms with Crippen LogP contribution < -0.4 is 10.2 Å². The van der Waals surface area contributed by atoms with E-state index in [1.807, 2.05) is 48.5 Å². The molecular weight excluding hydrogens is 414 g/mol. The van der Waals surface area contributed by atoms with Crippen molar-refractivity contribution in [1.82, 2.24) is 4.90 Å². The Hall–Kier alpha value is -2.73. The highest BCUT2D eigenvalue weighted by Gasteiger charge is 2.48. The number of carbonyl (C=O) groups is 2. The van der Waals surface area contributed by atoms with E-state index < -0.39 is 11.6 Å². The van der Waals surface area contributed by atoms with Crippen LogP contribution >= 0.6 is 11.6 Å². The zero-order valence-corrected chi connectivity index (χ0v) is 18.9. The number of aryl methyl sites for hydroxylation is 1. The van der Waals surface area contributed by atoms with E-state index in [4.69, 9.17) is 11.6 Å². The average Bonchev–Trinajstić information content (AvgIpc) is 2.78. The zero-order valence-electron chi connectivity index (χ0n) is 18.1. The molecule has 0 heterocycles. The predicted octanol–water partition coefficient (Wildman–Crippen LogP) is 4.62. The van der Waals surface area contributed by atoms with Crippen molar-refractivity contribution in [3.05, 3.63) is 59.7 Å². The van der Waals surface area contributed by atoms with Crippen molar-refractivity contribution in [3.8, 4) is 0 Å². The molecule has 0 aliphatic heterocycles. The molecule has 0 aromatic heterocycles. The first-order chi connectivity index (χ1) is 14.9. The number of nitrogens with one attached hydrogen (secondary N) is 1. The van der Waals surface area contributed by atoms with Gasteiger partial charge in [-0.3, -0.25) is 9.69 Å². The molecule has 6 nitrogen and oxygen atoms in total. The molecule has 0 radical (unpaired) electrons. The first-order valence-corrected chi connectivity index (χ1v) is 11.3. The summed E-state index contributed by atoms with van der Waals surface area (Å²) in [6.07, 6.45) is 0.245. The fourth-order valence-electron chi connectivity index (χ4n) is 4.43. The van der Waals surface area contributed by atoms with Gasteiger partial charge < -0.3 is 15.3 Å². The predicted molar refractivity (Wildman–Crippen MR) is 125 cm³/mol. The van der Waals surface area contributed by atoms with Crippen molar-refractivity contribution >= 4 is 35.0 Å². The average molecular weight is 444 g/mol. The van der Waals surface area contributed by atoms with Crippen LogP contribution in [0.3, 0.4) is 0 Å². The summed E-state index contributed by atoms with van der Waals surface area (Å²) in [5.74, 6) is -0.188. The molecule has 0 bridgehead atoms. The molecule has 166 valence electrons. The normalized spacial score (nSPS) is 17.5. The standard InChI is InChI=1S/C24H30ClN3O3/c1-3-27(4-2)21-11-9-20(10-12-21)26-22(29)24(28(16-15-25)23(30)31)14-13-18-7-5-6-8-19(18)17-24/h5-12H,3-4,13-17H2,1-2H3,(H,26,29)(H,30,31)/t24-/m0/s1. The highest BCUT2D eigenvalue weighted by atomic mass is 35.5. The smallest absolute Gasteiger partial charge is 0.408 e. The SMILES string of the molecule is CCN(CC)c1ccc(NC(=O)[C@]2(N(CCCl)C(=O)O)CCc3ccccc3C2)cc1. The van der Waals surface area contributed by atoms with Gasteiger partial charge in [0.1, 0.15) is 5.54 Å². The Labute approximate surface area is 188 Å². The summed E-state index contributed by atoms with van der Waals surface area (Å²) in [4.78, 5) is 29.1. The van der Waals surface area contributed by atoms with Crippen LogP contribution in [0.4, 0.5) is 16.2 Å². The molecule has 0 unspecified atom stereocenters. The minimum Gasteiger partial charge on any atom is -0.465 e. The van der Waals surface area contributed by atoms with Crippen molar-refractivity contribution in [2.24, 2.45) is 0 Å². The fraction of sp³-hybridized carbons (Fsp3) is 0.417. The maximum atomic E-state index is 13.6. The lowest BCUT2D eigenvalue weighted by Gasteiger charge is -2.43. The molecule has 0 spiro atoms. The molecule has 3 rings (SSSR count). The van der Waals surface area contributed by atoms with Crippen LogP contribution in [0.25, 0.3) is 0 Å². The Morgan fingerprint density at radius 2 is 1.71 bits per heavy atom. The first-order valence-electron chi connectivity index (χ1n) is 10.7. The van der Waals surface area contributed by atoms with E-state index in [0.29, 0.717) is 24.9 Å². The van der Waals surface area contributed by atoms with E-state index in [0.717, 1.165) is 29.9 Å². The molecule has 0 fully saturated rings. The minimum absolute atomic E-state index is 0.0906. The van der Waals surface area contributed by atoms with Crippen LogP contribution in [-0.2, 0) is 17.6 Å². The van der Waals surface area contributed by atoms with E-state index in [-0.39, 0.29) is 18.3 Å². The molecule has 1 aliphatic rings. The summed E-state index contributed by atoms with van der Waals surface area (Å²) in [5, 5.41) is 12.9. The zero-order chi connectivity index (χ0) is 22.4. The van der Waals surface area contributed by atoms with E-state index in [1.54, 1.807) is 0 Å². The van der Waals surface area contributed by atoms with Crippen molar-refractivity contribution in [1.29, 1.82) is 0 Å². The van der Waals surface area contributed by atoms with Gasteiger partial charge >= 0.3 is 6.09 Å². The number of fused-ring (bicyclic) bond motifs is 1. The molecule has 0 saturated carbocycles.